The highest BCUT2D eigenvalue weighted by Gasteiger charge is 2.11. The maximum Gasteiger partial charge on any atom is 0.262 e. The lowest BCUT2D eigenvalue weighted by atomic mass is 10.1. The molecule has 3 aromatic rings. The monoisotopic (exact) mass is 398 g/mol. The number of hydrogen-bond donors (Lipinski definition) is 1. The van der Waals surface area contributed by atoms with Crippen molar-refractivity contribution in [3.8, 4) is 0 Å². The molecular formula is C21H23ClN4O2. The van der Waals surface area contributed by atoms with E-state index in [2.05, 4.69) is 15.5 Å². The number of methoxy groups -OCH3 is 1. The smallest absolute Gasteiger partial charge is 0.262 e. The summed E-state index contributed by atoms with van der Waals surface area (Å²) in [5.74, 6) is 0.416. The van der Waals surface area contributed by atoms with Gasteiger partial charge in [0.15, 0.2) is 0 Å². The van der Waals surface area contributed by atoms with E-state index >= 15 is 0 Å². The van der Waals surface area contributed by atoms with Gasteiger partial charge in [0.1, 0.15) is 0 Å². The van der Waals surface area contributed by atoms with Crippen LogP contribution in [0, 0.1) is 0 Å². The van der Waals surface area contributed by atoms with Crippen molar-refractivity contribution in [1.82, 2.24) is 9.55 Å². The van der Waals surface area contributed by atoms with Gasteiger partial charge in [0.25, 0.3) is 5.56 Å². The quantitative estimate of drug-likeness (QED) is 0.348. The molecule has 28 heavy (non-hydrogen) atoms. The Balaban J connectivity index is 1.98. The number of benzene rings is 2. The van der Waals surface area contributed by atoms with Gasteiger partial charge in [0, 0.05) is 25.3 Å². The van der Waals surface area contributed by atoms with Crippen LogP contribution in [-0.4, -0.2) is 29.0 Å². The SMILES string of the molecule is CC/C(=N/Nc1nc2ccccc2c(=O)n1CCCOC)c1ccc(Cl)cc1. The highest BCUT2D eigenvalue weighted by molar-refractivity contribution is 6.30. The molecule has 0 amide bonds. The molecule has 1 aromatic heterocycles. The van der Waals surface area contributed by atoms with Crippen LogP contribution in [0.15, 0.2) is 58.4 Å². The minimum absolute atomic E-state index is 0.0936. The maximum atomic E-state index is 12.9. The molecule has 0 spiro atoms. The van der Waals surface area contributed by atoms with E-state index in [4.69, 9.17) is 16.3 Å². The highest BCUT2D eigenvalue weighted by Crippen LogP contribution is 2.14. The van der Waals surface area contributed by atoms with Crippen LogP contribution < -0.4 is 11.0 Å². The summed E-state index contributed by atoms with van der Waals surface area (Å²) in [5, 5.41) is 5.78. The van der Waals surface area contributed by atoms with Crippen LogP contribution in [0.4, 0.5) is 5.95 Å². The Hall–Kier alpha value is -2.70. The van der Waals surface area contributed by atoms with Gasteiger partial charge >= 0.3 is 0 Å². The number of anilines is 1. The lowest BCUT2D eigenvalue weighted by Gasteiger charge is -2.13. The molecule has 0 aliphatic heterocycles. The molecular weight excluding hydrogens is 376 g/mol. The number of halogens is 1. The number of aromatic nitrogens is 2. The largest absolute Gasteiger partial charge is 0.385 e. The second-order valence-corrected chi connectivity index (χ2v) is 6.72. The number of nitrogens with one attached hydrogen (secondary N) is 1. The Morgan fingerprint density at radius 3 is 2.68 bits per heavy atom. The average Bonchev–Trinajstić information content (AvgIpc) is 2.72. The number of fused-ring (bicyclic) bond motifs is 1. The summed E-state index contributed by atoms with van der Waals surface area (Å²) in [6.45, 7) is 3.08. The molecule has 2 aromatic carbocycles. The van der Waals surface area contributed by atoms with Gasteiger partial charge in [-0.2, -0.15) is 5.10 Å². The Labute approximate surface area is 168 Å². The summed E-state index contributed by atoms with van der Waals surface area (Å²) in [4.78, 5) is 17.6. The predicted octanol–water partition coefficient (Wildman–Crippen LogP) is 4.31. The minimum atomic E-state index is -0.0936. The molecule has 0 saturated carbocycles. The number of rotatable bonds is 8. The summed E-state index contributed by atoms with van der Waals surface area (Å²) in [7, 11) is 1.64. The lowest BCUT2D eigenvalue weighted by molar-refractivity contribution is 0.190. The molecule has 7 heteroatoms. The van der Waals surface area contributed by atoms with E-state index in [0.29, 0.717) is 41.4 Å². The van der Waals surface area contributed by atoms with Crippen LogP contribution in [0.1, 0.15) is 25.3 Å². The van der Waals surface area contributed by atoms with Crippen LogP contribution in [0.2, 0.25) is 5.02 Å². The Bertz CT molecular complexity index is 1030. The molecule has 0 aliphatic carbocycles. The molecule has 1 N–H and O–H groups in total. The Morgan fingerprint density at radius 1 is 1.21 bits per heavy atom. The van der Waals surface area contributed by atoms with Crippen LogP contribution in [-0.2, 0) is 11.3 Å². The topological polar surface area (TPSA) is 68.5 Å². The number of hydrazone groups is 1. The number of para-hydroxylation sites is 1. The molecule has 1 heterocycles. The first-order valence-electron chi connectivity index (χ1n) is 9.21. The standard InChI is InChI=1S/C21H23ClN4O2/c1-3-18(15-9-11-16(22)12-10-15)24-25-21-23-19-8-5-4-7-17(19)20(27)26(21)13-6-14-28-2/h4-5,7-12H,3,6,13-14H2,1-2H3,(H,23,25)/b24-18-. The van der Waals surface area contributed by atoms with Gasteiger partial charge in [-0.1, -0.05) is 42.8 Å². The highest BCUT2D eigenvalue weighted by atomic mass is 35.5. The second-order valence-electron chi connectivity index (χ2n) is 6.29. The zero-order valence-corrected chi connectivity index (χ0v) is 16.7. The predicted molar refractivity (Wildman–Crippen MR) is 114 cm³/mol. The third-order valence-corrected chi connectivity index (χ3v) is 4.65. The van der Waals surface area contributed by atoms with E-state index in [1.165, 1.54) is 0 Å². The number of nitrogens with zero attached hydrogens (tertiary/aromatic N) is 3. The summed E-state index contributed by atoms with van der Waals surface area (Å²) >= 11 is 5.97. The zero-order valence-electron chi connectivity index (χ0n) is 16.0. The van der Waals surface area contributed by atoms with Gasteiger partial charge in [-0.15, -0.1) is 0 Å². The van der Waals surface area contributed by atoms with E-state index < -0.39 is 0 Å². The summed E-state index contributed by atoms with van der Waals surface area (Å²) in [6, 6.07) is 14.8. The van der Waals surface area contributed by atoms with E-state index in [-0.39, 0.29) is 5.56 Å². The normalized spacial score (nSPS) is 11.8. The molecule has 0 atom stereocenters. The van der Waals surface area contributed by atoms with Crippen molar-refractivity contribution in [3.05, 3.63) is 69.5 Å². The van der Waals surface area contributed by atoms with Crippen LogP contribution >= 0.6 is 11.6 Å². The molecule has 146 valence electrons. The van der Waals surface area contributed by atoms with Gasteiger partial charge in [-0.25, -0.2) is 10.4 Å². The van der Waals surface area contributed by atoms with E-state index in [0.717, 1.165) is 17.7 Å². The third-order valence-electron chi connectivity index (χ3n) is 4.40. The molecule has 0 fully saturated rings. The zero-order chi connectivity index (χ0) is 19.9. The van der Waals surface area contributed by atoms with Crippen molar-refractivity contribution >= 4 is 34.2 Å². The van der Waals surface area contributed by atoms with Crippen molar-refractivity contribution in [2.24, 2.45) is 5.10 Å². The molecule has 0 bridgehead atoms. The molecule has 0 saturated heterocycles. The summed E-state index contributed by atoms with van der Waals surface area (Å²) in [6.07, 6.45) is 1.42. The van der Waals surface area contributed by atoms with Gasteiger partial charge in [0.05, 0.1) is 16.6 Å². The van der Waals surface area contributed by atoms with E-state index in [1.54, 1.807) is 17.7 Å². The molecule has 0 radical (unpaired) electrons. The summed E-state index contributed by atoms with van der Waals surface area (Å²) < 4.78 is 6.73. The number of ether oxygens (including phenoxy) is 1. The Morgan fingerprint density at radius 2 is 1.96 bits per heavy atom. The molecule has 0 unspecified atom stereocenters. The Kier molecular flexibility index (Phi) is 6.79. The van der Waals surface area contributed by atoms with Gasteiger partial charge < -0.3 is 4.74 Å². The van der Waals surface area contributed by atoms with Crippen LogP contribution in [0.25, 0.3) is 10.9 Å². The second kappa shape index (κ2) is 9.48. The van der Waals surface area contributed by atoms with E-state index in [9.17, 15) is 4.79 Å². The van der Waals surface area contributed by atoms with Crippen molar-refractivity contribution < 1.29 is 4.74 Å². The fourth-order valence-corrected chi connectivity index (χ4v) is 3.06. The average molecular weight is 399 g/mol. The lowest BCUT2D eigenvalue weighted by Crippen LogP contribution is -2.25. The van der Waals surface area contributed by atoms with Crippen molar-refractivity contribution in [1.29, 1.82) is 0 Å². The fourth-order valence-electron chi connectivity index (χ4n) is 2.94. The number of hydrogen-bond acceptors (Lipinski definition) is 5. The maximum absolute atomic E-state index is 12.9. The first kappa shape index (κ1) is 20.0. The minimum Gasteiger partial charge on any atom is -0.385 e. The van der Waals surface area contributed by atoms with Crippen molar-refractivity contribution in [2.45, 2.75) is 26.3 Å². The first-order chi connectivity index (χ1) is 13.6. The molecule has 3 rings (SSSR count). The van der Waals surface area contributed by atoms with E-state index in [1.807, 2.05) is 49.4 Å². The summed E-state index contributed by atoms with van der Waals surface area (Å²) in [5.41, 5.74) is 5.36. The molecule has 0 aliphatic rings. The third kappa shape index (κ3) is 4.58. The van der Waals surface area contributed by atoms with Gasteiger partial charge in [-0.3, -0.25) is 9.36 Å². The van der Waals surface area contributed by atoms with Gasteiger partial charge in [0.2, 0.25) is 5.95 Å². The van der Waals surface area contributed by atoms with Crippen molar-refractivity contribution in [2.75, 3.05) is 19.1 Å². The first-order valence-corrected chi connectivity index (χ1v) is 9.59. The van der Waals surface area contributed by atoms with Crippen LogP contribution in [0.3, 0.4) is 0 Å². The molecule has 6 nitrogen and oxygen atoms in total. The van der Waals surface area contributed by atoms with Gasteiger partial charge in [-0.05, 0) is 42.7 Å². The fraction of sp³-hybridized carbons (Fsp3) is 0.286. The van der Waals surface area contributed by atoms with Crippen molar-refractivity contribution in [3.63, 3.8) is 0 Å². The van der Waals surface area contributed by atoms with Crippen LogP contribution in [0.5, 0.6) is 0 Å².